The molecule has 0 radical (unpaired) electrons. The predicted octanol–water partition coefficient (Wildman–Crippen LogP) is 6.86. The van der Waals surface area contributed by atoms with E-state index >= 15 is 0 Å². The zero-order chi connectivity index (χ0) is 19.8. The highest BCUT2D eigenvalue weighted by molar-refractivity contribution is 7.89. The fourth-order valence-electron chi connectivity index (χ4n) is 2.22. The minimum absolute atomic E-state index is 0.00525. The van der Waals surface area contributed by atoms with Gasteiger partial charge < -0.3 is 0 Å². The van der Waals surface area contributed by atoms with Gasteiger partial charge in [-0.05, 0) is 26.0 Å². The molecule has 1 N–H and O–H groups in total. The summed E-state index contributed by atoms with van der Waals surface area (Å²) in [6.07, 6.45) is 0. The smallest absolute Gasteiger partial charge is 0.207 e. The number of sulfonamides is 1. The summed E-state index contributed by atoms with van der Waals surface area (Å²) in [5, 5.41) is -0.0256. The molecule has 0 aliphatic heterocycles. The van der Waals surface area contributed by atoms with Gasteiger partial charge in [-0.3, -0.25) is 0 Å². The molecule has 0 aromatic heterocycles. The molecule has 26 heavy (non-hydrogen) atoms. The Bertz CT molecular complexity index is 943. The summed E-state index contributed by atoms with van der Waals surface area (Å²) in [6, 6.07) is 5.44. The molecule has 0 fully saturated rings. The third-order valence-corrected chi connectivity index (χ3v) is 7.37. The van der Waals surface area contributed by atoms with Crippen LogP contribution in [0.15, 0.2) is 41.3 Å². The van der Waals surface area contributed by atoms with Crippen molar-refractivity contribution in [3.8, 4) is 0 Å². The third-order valence-electron chi connectivity index (χ3n) is 3.63. The minimum Gasteiger partial charge on any atom is -0.207 e. The largest absolute Gasteiger partial charge is 0.241 e. The second-order valence-corrected chi connectivity index (χ2v) is 9.30. The van der Waals surface area contributed by atoms with Crippen LogP contribution in [0.1, 0.15) is 24.1 Å². The zero-order valence-electron chi connectivity index (χ0n) is 13.7. The Labute approximate surface area is 177 Å². The number of hydrogen-bond acceptors (Lipinski definition) is 2. The van der Waals surface area contributed by atoms with Crippen molar-refractivity contribution in [2.45, 2.75) is 24.8 Å². The molecule has 0 unspecified atom stereocenters. The second kappa shape index (κ2) is 8.27. The van der Waals surface area contributed by atoms with E-state index in [9.17, 15) is 8.42 Å². The number of aryl methyl sites for hydroxylation is 1. The van der Waals surface area contributed by atoms with E-state index in [-0.39, 0.29) is 35.6 Å². The van der Waals surface area contributed by atoms with E-state index in [0.29, 0.717) is 5.57 Å². The highest BCUT2D eigenvalue weighted by atomic mass is 35.5. The van der Waals surface area contributed by atoms with Gasteiger partial charge in [-0.25, -0.2) is 8.42 Å². The van der Waals surface area contributed by atoms with E-state index in [4.69, 9.17) is 58.0 Å². The first-order valence-corrected chi connectivity index (χ1v) is 10.6. The van der Waals surface area contributed by atoms with Crippen molar-refractivity contribution in [1.82, 2.24) is 4.72 Å². The molecule has 2 aromatic rings. The summed E-state index contributed by atoms with van der Waals surface area (Å²) in [4.78, 5) is 0.0905. The summed E-state index contributed by atoms with van der Waals surface area (Å²) < 4.78 is 28.1. The lowest BCUT2D eigenvalue weighted by Gasteiger charge is -2.23. The van der Waals surface area contributed by atoms with Gasteiger partial charge in [-0.1, -0.05) is 87.9 Å². The number of hydrogen-bond donors (Lipinski definition) is 1. The van der Waals surface area contributed by atoms with E-state index in [1.165, 1.54) is 12.1 Å². The average Bonchev–Trinajstić information content (AvgIpc) is 2.57. The van der Waals surface area contributed by atoms with Crippen LogP contribution in [0.25, 0.3) is 0 Å². The molecule has 0 bridgehead atoms. The van der Waals surface area contributed by atoms with Gasteiger partial charge in [0.05, 0.1) is 36.1 Å². The standard InChI is InChI=1S/C17H14Cl5NO2S/c1-8(2)17(11-12(18)14(20)16(22)15(21)13(11)19)23-26(24,25)10-6-4-9(3)5-7-10/h4-7,17,23H,1H2,2-3H3/t17-/m0/s1. The lowest BCUT2D eigenvalue weighted by molar-refractivity contribution is 0.571. The summed E-state index contributed by atoms with van der Waals surface area (Å²) in [6.45, 7) is 7.31. The Morgan fingerprint density at radius 1 is 0.923 bits per heavy atom. The highest BCUT2D eigenvalue weighted by Gasteiger charge is 2.29. The summed E-state index contributed by atoms with van der Waals surface area (Å²) in [7, 11) is -3.89. The van der Waals surface area contributed by atoms with Crippen LogP contribution in [0.3, 0.4) is 0 Å². The molecule has 0 spiro atoms. The molecule has 2 rings (SSSR count). The van der Waals surface area contributed by atoms with E-state index in [0.717, 1.165) is 5.56 Å². The third kappa shape index (κ3) is 4.33. The molecule has 1 atom stereocenters. The highest BCUT2D eigenvalue weighted by Crippen LogP contribution is 2.47. The minimum atomic E-state index is -3.89. The summed E-state index contributed by atoms with van der Waals surface area (Å²) >= 11 is 30.7. The molecular weight excluding hydrogens is 460 g/mol. The first-order chi connectivity index (χ1) is 12.0. The normalized spacial score (nSPS) is 12.9. The van der Waals surface area contributed by atoms with Gasteiger partial charge in [0.2, 0.25) is 10.0 Å². The fraction of sp³-hybridized carbons (Fsp3) is 0.176. The topological polar surface area (TPSA) is 46.2 Å². The predicted molar refractivity (Wildman–Crippen MR) is 111 cm³/mol. The quantitative estimate of drug-likeness (QED) is 0.293. The zero-order valence-corrected chi connectivity index (χ0v) is 18.3. The maximum Gasteiger partial charge on any atom is 0.241 e. The molecule has 3 nitrogen and oxygen atoms in total. The van der Waals surface area contributed by atoms with Gasteiger partial charge in [0, 0.05) is 5.56 Å². The maximum absolute atomic E-state index is 12.8. The molecule has 2 aromatic carbocycles. The van der Waals surface area contributed by atoms with Crippen LogP contribution >= 0.6 is 58.0 Å². The molecular formula is C17H14Cl5NO2S. The Balaban J connectivity index is 2.59. The van der Waals surface area contributed by atoms with Crippen LogP contribution < -0.4 is 4.72 Å². The van der Waals surface area contributed by atoms with Crippen LogP contribution in [0.2, 0.25) is 25.1 Å². The molecule has 0 amide bonds. The number of nitrogens with one attached hydrogen (secondary N) is 1. The van der Waals surface area contributed by atoms with E-state index < -0.39 is 16.1 Å². The first kappa shape index (κ1) is 21.8. The Morgan fingerprint density at radius 3 is 1.77 bits per heavy atom. The molecule has 0 saturated carbocycles. The van der Waals surface area contributed by atoms with Crippen LogP contribution in [0.5, 0.6) is 0 Å². The van der Waals surface area contributed by atoms with Crippen molar-refractivity contribution >= 4 is 68.0 Å². The molecule has 0 heterocycles. The van der Waals surface area contributed by atoms with Gasteiger partial charge >= 0.3 is 0 Å². The number of benzene rings is 2. The number of rotatable bonds is 5. The lowest BCUT2D eigenvalue weighted by atomic mass is 10.0. The Morgan fingerprint density at radius 2 is 1.35 bits per heavy atom. The monoisotopic (exact) mass is 471 g/mol. The fourth-order valence-corrected chi connectivity index (χ4v) is 4.85. The summed E-state index contributed by atoms with van der Waals surface area (Å²) in [5.74, 6) is 0. The van der Waals surface area contributed by atoms with E-state index in [1.54, 1.807) is 19.1 Å². The van der Waals surface area contributed by atoms with E-state index in [1.807, 2.05) is 6.92 Å². The molecule has 9 heteroatoms. The van der Waals surface area contributed by atoms with Gasteiger partial charge in [-0.15, -0.1) is 0 Å². The molecule has 0 saturated heterocycles. The Kier molecular flexibility index (Phi) is 6.95. The van der Waals surface area contributed by atoms with Gasteiger partial charge in [0.15, 0.2) is 0 Å². The molecule has 0 aliphatic rings. The van der Waals surface area contributed by atoms with Gasteiger partial charge in [-0.2, -0.15) is 4.72 Å². The second-order valence-electron chi connectivity index (χ2n) is 5.70. The Hall–Kier alpha value is -0.460. The van der Waals surface area contributed by atoms with Gasteiger partial charge in [0.25, 0.3) is 0 Å². The van der Waals surface area contributed by atoms with Crippen LogP contribution in [-0.4, -0.2) is 8.42 Å². The summed E-state index contributed by atoms with van der Waals surface area (Å²) in [5.41, 5.74) is 1.57. The van der Waals surface area contributed by atoms with Crippen molar-refractivity contribution < 1.29 is 8.42 Å². The SMILES string of the molecule is C=C(C)[C@H](NS(=O)(=O)c1ccc(C)cc1)c1c(Cl)c(Cl)c(Cl)c(Cl)c1Cl. The van der Waals surface area contributed by atoms with E-state index in [2.05, 4.69) is 11.3 Å². The van der Waals surface area contributed by atoms with Crippen LogP contribution in [0.4, 0.5) is 0 Å². The average molecular weight is 474 g/mol. The lowest BCUT2D eigenvalue weighted by Crippen LogP contribution is -2.29. The van der Waals surface area contributed by atoms with Gasteiger partial charge in [0.1, 0.15) is 0 Å². The molecule has 140 valence electrons. The van der Waals surface area contributed by atoms with Crippen LogP contribution in [0, 0.1) is 6.92 Å². The maximum atomic E-state index is 12.8. The van der Waals surface area contributed by atoms with Crippen molar-refractivity contribution in [3.05, 3.63) is 72.7 Å². The number of halogens is 5. The first-order valence-electron chi connectivity index (χ1n) is 7.23. The van der Waals surface area contributed by atoms with Crippen molar-refractivity contribution in [2.24, 2.45) is 0 Å². The van der Waals surface area contributed by atoms with Crippen molar-refractivity contribution in [3.63, 3.8) is 0 Å². The van der Waals surface area contributed by atoms with Crippen molar-refractivity contribution in [2.75, 3.05) is 0 Å². The van der Waals surface area contributed by atoms with Crippen molar-refractivity contribution in [1.29, 1.82) is 0 Å². The molecule has 0 aliphatic carbocycles. The van der Waals surface area contributed by atoms with Crippen LogP contribution in [-0.2, 0) is 10.0 Å².